The lowest BCUT2D eigenvalue weighted by molar-refractivity contribution is -0.148. The van der Waals surface area contributed by atoms with E-state index in [4.69, 9.17) is 14.2 Å². The topological polar surface area (TPSA) is 78.9 Å². The monoisotopic (exact) mass is 446 g/mol. The molecular formula is C17H18O6S4. The van der Waals surface area contributed by atoms with Gasteiger partial charge in [0.2, 0.25) is 0 Å². The Morgan fingerprint density at radius 1 is 0.889 bits per heavy atom. The number of hydrogen-bond acceptors (Lipinski definition) is 10. The van der Waals surface area contributed by atoms with Crippen LogP contribution < -0.4 is 0 Å². The minimum Gasteiger partial charge on any atom is -0.465 e. The number of thioether (sulfide) groups is 4. The van der Waals surface area contributed by atoms with Crippen molar-refractivity contribution < 1.29 is 28.6 Å². The first-order valence-corrected chi connectivity index (χ1v) is 11.8. The second-order valence-corrected chi connectivity index (χ2v) is 11.6. The first-order chi connectivity index (χ1) is 12.9. The molecule has 2 aliphatic heterocycles. The molecule has 2 saturated carbocycles. The summed E-state index contributed by atoms with van der Waals surface area (Å²) in [5.41, 5.74) is 0. The summed E-state index contributed by atoms with van der Waals surface area (Å²) >= 11 is 6.20. The molecule has 1 saturated heterocycles. The average Bonchev–Trinajstić information content (AvgIpc) is 3.38. The molecule has 0 radical (unpaired) electrons. The zero-order valence-corrected chi connectivity index (χ0v) is 18.1. The molecule has 6 nitrogen and oxygen atoms in total. The van der Waals surface area contributed by atoms with Crippen LogP contribution in [0.15, 0.2) is 18.3 Å². The van der Waals surface area contributed by atoms with Crippen LogP contribution in [-0.2, 0) is 28.6 Å². The van der Waals surface area contributed by atoms with E-state index in [0.717, 1.165) is 21.3 Å². The van der Waals surface area contributed by atoms with Crippen molar-refractivity contribution in [3.05, 3.63) is 18.3 Å². The summed E-state index contributed by atoms with van der Waals surface area (Å²) < 4.78 is 17.2. The van der Waals surface area contributed by atoms with Gasteiger partial charge in [-0.3, -0.25) is 4.79 Å². The quantitative estimate of drug-likeness (QED) is 0.476. The van der Waals surface area contributed by atoms with Gasteiger partial charge in [0.25, 0.3) is 0 Å². The summed E-state index contributed by atoms with van der Waals surface area (Å²) in [5, 5.41) is 0.907. The van der Waals surface area contributed by atoms with E-state index in [0.29, 0.717) is 22.3 Å². The molecule has 27 heavy (non-hydrogen) atoms. The van der Waals surface area contributed by atoms with Crippen molar-refractivity contribution in [1.29, 1.82) is 0 Å². The third-order valence-corrected chi connectivity index (χ3v) is 11.6. The SMILES string of the molecule is COC(=O)C1=C(C(=O)OC)SC(=C2S[C@@H]3[C@H]4CC(OC(C)=O)[C@H](C4)[C@@H]3S2)S1. The lowest BCUT2D eigenvalue weighted by Gasteiger charge is -2.29. The van der Waals surface area contributed by atoms with E-state index < -0.39 is 11.9 Å². The Labute approximate surface area is 173 Å². The van der Waals surface area contributed by atoms with Crippen LogP contribution in [0.3, 0.4) is 0 Å². The van der Waals surface area contributed by atoms with Crippen LogP contribution >= 0.6 is 47.0 Å². The van der Waals surface area contributed by atoms with Gasteiger partial charge in [-0.15, -0.1) is 23.5 Å². The molecule has 4 rings (SSSR count). The molecule has 3 fully saturated rings. The number of carbonyl (C=O) groups is 3. The van der Waals surface area contributed by atoms with E-state index in [2.05, 4.69) is 0 Å². The van der Waals surface area contributed by atoms with Crippen LogP contribution in [0.5, 0.6) is 0 Å². The van der Waals surface area contributed by atoms with E-state index in [1.54, 1.807) is 11.8 Å². The molecule has 146 valence electrons. The van der Waals surface area contributed by atoms with Gasteiger partial charge in [0, 0.05) is 23.3 Å². The first kappa shape index (κ1) is 19.6. The Morgan fingerprint density at radius 3 is 2.04 bits per heavy atom. The maximum atomic E-state index is 12.1. The largest absolute Gasteiger partial charge is 0.465 e. The van der Waals surface area contributed by atoms with Gasteiger partial charge in [-0.25, -0.2) is 9.59 Å². The molecule has 0 N–H and O–H groups in total. The van der Waals surface area contributed by atoms with Crippen molar-refractivity contribution in [2.24, 2.45) is 11.8 Å². The number of ether oxygens (including phenoxy) is 3. The molecule has 2 heterocycles. The third-order valence-electron chi connectivity index (χ3n) is 5.11. The van der Waals surface area contributed by atoms with Crippen LogP contribution in [0.4, 0.5) is 0 Å². The fraction of sp³-hybridized carbons (Fsp3) is 0.588. The Bertz CT molecular complexity index is 745. The number of methoxy groups -OCH3 is 2. The van der Waals surface area contributed by atoms with Gasteiger partial charge in [-0.05, 0) is 18.8 Å². The molecular weight excluding hydrogens is 428 g/mol. The highest BCUT2D eigenvalue weighted by molar-refractivity contribution is 8.33. The zero-order valence-electron chi connectivity index (χ0n) is 14.9. The van der Waals surface area contributed by atoms with Crippen molar-refractivity contribution in [1.82, 2.24) is 0 Å². The van der Waals surface area contributed by atoms with Crippen LogP contribution in [0, 0.1) is 11.8 Å². The summed E-state index contributed by atoms with van der Waals surface area (Å²) in [6.07, 6.45) is 2.06. The lowest BCUT2D eigenvalue weighted by Crippen LogP contribution is -2.35. The highest BCUT2D eigenvalue weighted by Gasteiger charge is 2.58. The van der Waals surface area contributed by atoms with Gasteiger partial charge in [0.1, 0.15) is 15.9 Å². The standard InChI is InChI=1S/C17H18O6S4/c1-6(18)23-9-5-7-4-8(9)11-10(7)24-16(25-11)17-26-12(14(19)21-2)13(27-17)15(20)22-3/h7-11H,4-5H2,1-3H3/t7-,8+,9?,10-,11+/m1/s1. The third kappa shape index (κ3) is 3.42. The molecule has 0 aromatic carbocycles. The van der Waals surface area contributed by atoms with Crippen molar-refractivity contribution in [3.8, 4) is 0 Å². The maximum Gasteiger partial charge on any atom is 0.346 e. The van der Waals surface area contributed by atoms with Crippen LogP contribution in [0.1, 0.15) is 19.8 Å². The van der Waals surface area contributed by atoms with E-state index in [-0.39, 0.29) is 21.9 Å². The lowest BCUT2D eigenvalue weighted by atomic mass is 9.96. The normalized spacial score (nSPS) is 34.1. The highest BCUT2D eigenvalue weighted by atomic mass is 32.2. The van der Waals surface area contributed by atoms with Crippen molar-refractivity contribution in [2.45, 2.75) is 36.4 Å². The number of hydrogen-bond donors (Lipinski definition) is 0. The molecule has 5 atom stereocenters. The summed E-state index contributed by atoms with van der Waals surface area (Å²) in [4.78, 5) is 36.0. The predicted molar refractivity (Wildman–Crippen MR) is 108 cm³/mol. The molecule has 0 amide bonds. The van der Waals surface area contributed by atoms with Crippen LogP contribution in [0.25, 0.3) is 0 Å². The van der Waals surface area contributed by atoms with E-state index >= 15 is 0 Å². The zero-order chi connectivity index (χ0) is 19.3. The molecule has 0 aromatic heterocycles. The van der Waals surface area contributed by atoms with E-state index in [1.165, 1.54) is 44.7 Å². The second-order valence-electron chi connectivity index (χ2n) is 6.63. The van der Waals surface area contributed by atoms with Crippen molar-refractivity contribution in [3.63, 3.8) is 0 Å². The minimum atomic E-state index is -0.522. The average molecular weight is 447 g/mol. The molecule has 0 spiro atoms. The fourth-order valence-electron chi connectivity index (χ4n) is 4.07. The van der Waals surface area contributed by atoms with E-state index in [9.17, 15) is 14.4 Å². The van der Waals surface area contributed by atoms with Crippen molar-refractivity contribution in [2.75, 3.05) is 14.2 Å². The first-order valence-electron chi connectivity index (χ1n) is 8.44. The van der Waals surface area contributed by atoms with E-state index in [1.807, 2.05) is 11.8 Å². The summed E-state index contributed by atoms with van der Waals surface area (Å²) in [7, 11) is 2.60. The Hall–Kier alpha value is -0.710. The summed E-state index contributed by atoms with van der Waals surface area (Å²) in [6.45, 7) is 1.47. The number of esters is 3. The molecule has 2 bridgehead atoms. The van der Waals surface area contributed by atoms with Gasteiger partial charge in [-0.2, -0.15) is 0 Å². The van der Waals surface area contributed by atoms with Crippen LogP contribution in [0.2, 0.25) is 0 Å². The highest BCUT2D eigenvalue weighted by Crippen LogP contribution is 2.67. The predicted octanol–water partition coefficient (Wildman–Crippen LogP) is 3.34. The molecule has 2 aliphatic carbocycles. The molecule has 1 unspecified atom stereocenters. The van der Waals surface area contributed by atoms with Crippen LogP contribution in [-0.4, -0.2) is 48.7 Å². The Morgan fingerprint density at radius 2 is 1.48 bits per heavy atom. The molecule has 10 heteroatoms. The minimum absolute atomic E-state index is 0.0180. The maximum absolute atomic E-state index is 12.1. The molecule has 0 aromatic rings. The Balaban J connectivity index is 1.53. The number of rotatable bonds is 3. The summed E-state index contributed by atoms with van der Waals surface area (Å²) in [6, 6.07) is 0. The fourth-order valence-corrected chi connectivity index (χ4v) is 10.8. The van der Waals surface area contributed by atoms with Crippen molar-refractivity contribution >= 4 is 65.0 Å². The van der Waals surface area contributed by atoms with Gasteiger partial charge in [-0.1, -0.05) is 23.5 Å². The van der Waals surface area contributed by atoms with Gasteiger partial charge in [0.05, 0.1) is 22.7 Å². The smallest absolute Gasteiger partial charge is 0.346 e. The Kier molecular flexibility index (Phi) is 5.52. The van der Waals surface area contributed by atoms with Gasteiger partial charge >= 0.3 is 17.9 Å². The molecule has 4 aliphatic rings. The second kappa shape index (κ2) is 7.61. The van der Waals surface area contributed by atoms with Gasteiger partial charge in [0.15, 0.2) is 0 Å². The van der Waals surface area contributed by atoms with Gasteiger partial charge < -0.3 is 14.2 Å². The summed E-state index contributed by atoms with van der Waals surface area (Å²) in [5.74, 6) is -0.332. The number of carbonyl (C=O) groups excluding carboxylic acids is 3. The number of fused-ring (bicyclic) bond motifs is 5.